The number of amides is 1. The van der Waals surface area contributed by atoms with Gasteiger partial charge >= 0.3 is 0 Å². The van der Waals surface area contributed by atoms with Crippen molar-refractivity contribution in [2.24, 2.45) is 0 Å². The van der Waals surface area contributed by atoms with Gasteiger partial charge in [-0.25, -0.2) is 0 Å². The van der Waals surface area contributed by atoms with Gasteiger partial charge in [-0.1, -0.05) is 43.5 Å². The molecule has 1 aliphatic carbocycles. The summed E-state index contributed by atoms with van der Waals surface area (Å²) < 4.78 is 23.8. The van der Waals surface area contributed by atoms with E-state index >= 15 is 0 Å². The molecule has 1 amide bonds. The minimum absolute atomic E-state index is 0.0181. The van der Waals surface area contributed by atoms with Gasteiger partial charge in [0.15, 0.2) is 0 Å². The van der Waals surface area contributed by atoms with Crippen LogP contribution in [0.5, 0.6) is 17.2 Å². The number of rotatable bonds is 17. The van der Waals surface area contributed by atoms with Crippen molar-refractivity contribution < 1.29 is 23.7 Å². The summed E-state index contributed by atoms with van der Waals surface area (Å²) in [5.74, 6) is 3.03. The lowest BCUT2D eigenvalue weighted by molar-refractivity contribution is -0.130. The first kappa shape index (κ1) is 44.4. The fraction of sp³-hybridized carbons (Fsp3) is 0.640. The van der Waals surface area contributed by atoms with E-state index in [0.717, 1.165) is 115 Å². The third-order valence-electron chi connectivity index (χ3n) is 13.9. The molecule has 5 heterocycles. The predicted octanol–water partition coefficient (Wildman–Crippen LogP) is 7.99. The SMILES string of the molecule is CC(=O)N1CCN(CC2(c3ccc(OCCCN4CCCC4)cc3)CCCCC2)CC1.c1cc(OCC2(c3ccc(OCCCN4CCCC4)cc3)CCOCC2)ccn1. The molecule has 60 heavy (non-hydrogen) atoms. The lowest BCUT2D eigenvalue weighted by Gasteiger charge is -2.44. The smallest absolute Gasteiger partial charge is 0.219 e. The Morgan fingerprint density at radius 1 is 0.567 bits per heavy atom. The predicted molar refractivity (Wildman–Crippen MR) is 239 cm³/mol. The van der Waals surface area contributed by atoms with Gasteiger partial charge in [0.1, 0.15) is 17.2 Å². The molecule has 5 aliphatic rings. The monoisotopic (exact) mass is 824 g/mol. The second-order valence-electron chi connectivity index (χ2n) is 18.0. The molecule has 2 aromatic carbocycles. The van der Waals surface area contributed by atoms with Crippen molar-refractivity contribution in [3.63, 3.8) is 0 Å². The first-order valence-corrected chi connectivity index (χ1v) is 23.5. The molecule has 3 aromatic rings. The molecule has 4 aliphatic heterocycles. The molecule has 328 valence electrons. The lowest BCUT2D eigenvalue weighted by Crippen LogP contribution is -2.52. The summed E-state index contributed by atoms with van der Waals surface area (Å²) in [5, 5.41) is 0. The maximum absolute atomic E-state index is 11.7. The van der Waals surface area contributed by atoms with E-state index in [0.29, 0.717) is 6.61 Å². The highest BCUT2D eigenvalue weighted by molar-refractivity contribution is 5.73. The van der Waals surface area contributed by atoms with Gasteiger partial charge in [-0.15, -0.1) is 0 Å². The Kier molecular flexibility index (Phi) is 17.0. The number of piperazine rings is 1. The molecule has 0 spiro atoms. The zero-order valence-electron chi connectivity index (χ0n) is 36.7. The average Bonchev–Trinajstić information content (AvgIpc) is 4.03. The van der Waals surface area contributed by atoms with E-state index in [-0.39, 0.29) is 16.7 Å². The van der Waals surface area contributed by atoms with Crippen LogP contribution in [0, 0.1) is 0 Å². The Bertz CT molecular complexity index is 1660. The summed E-state index contributed by atoms with van der Waals surface area (Å²) in [4.78, 5) is 25.4. The Balaban J connectivity index is 0.000000182. The van der Waals surface area contributed by atoms with Gasteiger partial charge in [-0.3, -0.25) is 14.7 Å². The fourth-order valence-electron chi connectivity index (χ4n) is 10.1. The molecule has 0 unspecified atom stereocenters. The second kappa shape index (κ2) is 22.9. The van der Waals surface area contributed by atoms with Crippen molar-refractivity contribution in [2.45, 2.75) is 101 Å². The number of hydrogen-bond donors (Lipinski definition) is 0. The van der Waals surface area contributed by atoms with Crippen LogP contribution in [0.2, 0.25) is 0 Å². The van der Waals surface area contributed by atoms with Gasteiger partial charge in [0.25, 0.3) is 0 Å². The Labute approximate surface area is 360 Å². The van der Waals surface area contributed by atoms with Crippen LogP contribution in [0.4, 0.5) is 0 Å². The zero-order chi connectivity index (χ0) is 41.3. The molecule has 10 nitrogen and oxygen atoms in total. The molecule has 4 saturated heterocycles. The number of nitrogens with zero attached hydrogens (tertiary/aromatic N) is 5. The number of carbonyl (C=O) groups excluding carboxylic acids is 1. The Morgan fingerprint density at radius 2 is 1.07 bits per heavy atom. The topological polar surface area (TPSA) is 79.8 Å². The van der Waals surface area contributed by atoms with E-state index in [1.807, 2.05) is 17.0 Å². The highest BCUT2D eigenvalue weighted by Gasteiger charge is 2.37. The van der Waals surface area contributed by atoms with Crippen LogP contribution in [0.25, 0.3) is 0 Å². The van der Waals surface area contributed by atoms with E-state index < -0.39 is 0 Å². The first-order valence-electron chi connectivity index (χ1n) is 23.5. The standard InChI is InChI=1S/C26H41N3O2.C24H32N2O3/c1-23(30)29-19-17-28(18-20-29)22-26(12-3-2-4-13-26)24-8-10-25(11-9-24)31-21-7-16-27-14-5-6-15-27;1-2-15-26(14-1)16-3-17-28-22-6-4-21(5-7-22)24(10-18-27-19-11-24)20-29-23-8-12-25-13-9-23/h8-11H,2-7,12-22H2,1H3;4-9,12-13H,1-3,10-11,14-20H2. The van der Waals surface area contributed by atoms with Crippen LogP contribution in [0.15, 0.2) is 73.1 Å². The van der Waals surface area contributed by atoms with Crippen LogP contribution in [0.3, 0.4) is 0 Å². The molecule has 0 atom stereocenters. The van der Waals surface area contributed by atoms with E-state index in [1.54, 1.807) is 19.3 Å². The van der Waals surface area contributed by atoms with Crippen LogP contribution in [-0.4, -0.2) is 136 Å². The van der Waals surface area contributed by atoms with Crippen molar-refractivity contribution in [3.8, 4) is 17.2 Å². The highest BCUT2D eigenvalue weighted by atomic mass is 16.5. The summed E-state index contributed by atoms with van der Waals surface area (Å²) in [6, 6.07) is 21.5. The van der Waals surface area contributed by atoms with Crippen molar-refractivity contribution in [2.75, 3.05) is 105 Å². The van der Waals surface area contributed by atoms with Gasteiger partial charge in [0.2, 0.25) is 5.91 Å². The number of benzene rings is 2. The normalized spacial score (nSPS) is 20.9. The van der Waals surface area contributed by atoms with Crippen LogP contribution in [0.1, 0.15) is 102 Å². The number of hydrogen-bond acceptors (Lipinski definition) is 9. The molecule has 1 saturated carbocycles. The summed E-state index contributed by atoms with van der Waals surface area (Å²) in [5.41, 5.74) is 3.02. The summed E-state index contributed by atoms with van der Waals surface area (Å²) in [6.45, 7) is 17.7. The molecule has 0 N–H and O–H groups in total. The summed E-state index contributed by atoms with van der Waals surface area (Å²) >= 11 is 0. The second-order valence-corrected chi connectivity index (χ2v) is 18.0. The van der Waals surface area contributed by atoms with E-state index in [4.69, 9.17) is 18.9 Å². The average molecular weight is 824 g/mol. The van der Waals surface area contributed by atoms with Crippen LogP contribution in [-0.2, 0) is 20.4 Å². The molecular formula is C50H73N5O5. The molecule has 1 aromatic heterocycles. The van der Waals surface area contributed by atoms with Crippen molar-refractivity contribution >= 4 is 5.91 Å². The highest BCUT2D eigenvalue weighted by Crippen LogP contribution is 2.41. The zero-order valence-corrected chi connectivity index (χ0v) is 36.7. The summed E-state index contributed by atoms with van der Waals surface area (Å²) in [7, 11) is 0. The van der Waals surface area contributed by atoms with Gasteiger partial charge in [0.05, 0.1) is 19.8 Å². The number of likely N-dealkylation sites (tertiary alicyclic amines) is 2. The minimum Gasteiger partial charge on any atom is -0.494 e. The quantitative estimate of drug-likeness (QED) is 0.126. The van der Waals surface area contributed by atoms with Gasteiger partial charge in [-0.2, -0.15) is 0 Å². The van der Waals surface area contributed by atoms with Gasteiger partial charge in [0, 0.05) is 89.2 Å². The van der Waals surface area contributed by atoms with E-state index in [2.05, 4.69) is 68.2 Å². The van der Waals surface area contributed by atoms with Crippen LogP contribution >= 0.6 is 0 Å². The maximum Gasteiger partial charge on any atom is 0.219 e. The molecule has 10 heteroatoms. The number of carbonyl (C=O) groups is 1. The fourth-order valence-corrected chi connectivity index (χ4v) is 10.1. The number of aromatic nitrogens is 1. The molecular weight excluding hydrogens is 751 g/mol. The largest absolute Gasteiger partial charge is 0.494 e. The molecule has 8 rings (SSSR count). The Hall–Kier alpha value is -3.70. The van der Waals surface area contributed by atoms with E-state index in [1.165, 1.54) is 95.1 Å². The summed E-state index contributed by atoms with van der Waals surface area (Å²) in [6.07, 6.45) is 19.6. The van der Waals surface area contributed by atoms with Crippen molar-refractivity contribution in [1.29, 1.82) is 0 Å². The van der Waals surface area contributed by atoms with E-state index in [9.17, 15) is 4.79 Å². The first-order chi connectivity index (χ1) is 29.5. The minimum atomic E-state index is -0.0181. The van der Waals surface area contributed by atoms with Crippen LogP contribution < -0.4 is 14.2 Å². The molecule has 0 radical (unpaired) electrons. The van der Waals surface area contributed by atoms with Gasteiger partial charge < -0.3 is 33.6 Å². The van der Waals surface area contributed by atoms with Crippen molar-refractivity contribution in [3.05, 3.63) is 84.2 Å². The number of ether oxygens (including phenoxy) is 4. The number of pyridine rings is 1. The third-order valence-corrected chi connectivity index (χ3v) is 13.9. The Morgan fingerprint density at radius 3 is 1.58 bits per heavy atom. The third kappa shape index (κ3) is 12.9. The molecule has 0 bridgehead atoms. The van der Waals surface area contributed by atoms with Gasteiger partial charge in [-0.05, 0) is 138 Å². The van der Waals surface area contributed by atoms with Crippen molar-refractivity contribution in [1.82, 2.24) is 24.6 Å². The lowest BCUT2D eigenvalue weighted by atomic mass is 9.69. The maximum atomic E-state index is 11.7. The molecule has 5 fully saturated rings.